The molecule has 0 N–H and O–H groups in total. The van der Waals surface area contributed by atoms with Crippen LogP contribution in [-0.4, -0.2) is 17.6 Å². The van der Waals surface area contributed by atoms with Gasteiger partial charge in [0.2, 0.25) is 0 Å². The number of rotatable bonds is 2. The first kappa shape index (κ1) is 15.9. The highest BCUT2D eigenvalue weighted by molar-refractivity contribution is 7.78. The molecule has 0 spiro atoms. The average Bonchev–Trinajstić information content (AvgIpc) is 3.25. The quantitative estimate of drug-likeness (QED) is 0.303. The topological polar surface area (TPSA) is 36.6 Å². The van der Waals surface area contributed by atoms with Crippen LogP contribution in [0.5, 0.6) is 0 Å². The molecule has 0 aliphatic carbocycles. The molecule has 0 bridgehead atoms. The summed E-state index contributed by atoms with van der Waals surface area (Å²) in [6.07, 6.45) is 0. The molecule has 0 saturated carbocycles. The van der Waals surface area contributed by atoms with E-state index in [2.05, 4.69) is 27.1 Å². The van der Waals surface area contributed by atoms with Gasteiger partial charge in [-0.15, -0.1) is 0 Å². The SMILES string of the molecule is O=C(N=C([S-])N1CC[n+]2c(-c3ccccc3)csc21)c1ccccc1. The summed E-state index contributed by atoms with van der Waals surface area (Å²) in [4.78, 5) is 18.3. The van der Waals surface area contributed by atoms with Crippen LogP contribution in [0.2, 0.25) is 0 Å². The van der Waals surface area contributed by atoms with E-state index in [0.29, 0.717) is 10.7 Å². The monoisotopic (exact) mass is 365 g/mol. The first-order chi connectivity index (χ1) is 12.2. The van der Waals surface area contributed by atoms with E-state index in [1.54, 1.807) is 23.5 Å². The number of thiazole rings is 1. The average molecular weight is 365 g/mol. The second-order valence-corrected chi connectivity index (χ2v) is 6.84. The summed E-state index contributed by atoms with van der Waals surface area (Å²) in [5, 5.41) is 3.47. The summed E-state index contributed by atoms with van der Waals surface area (Å²) in [7, 11) is 0. The van der Waals surface area contributed by atoms with E-state index >= 15 is 0 Å². The lowest BCUT2D eigenvalue weighted by atomic mass is 10.2. The van der Waals surface area contributed by atoms with Crippen molar-refractivity contribution in [3.05, 3.63) is 71.6 Å². The first-order valence-electron chi connectivity index (χ1n) is 7.93. The van der Waals surface area contributed by atoms with Crippen LogP contribution in [0.1, 0.15) is 10.4 Å². The van der Waals surface area contributed by atoms with Gasteiger partial charge < -0.3 is 12.6 Å². The Kier molecular flexibility index (Phi) is 4.29. The second kappa shape index (κ2) is 6.74. The van der Waals surface area contributed by atoms with Crippen LogP contribution in [-0.2, 0) is 19.2 Å². The summed E-state index contributed by atoms with van der Waals surface area (Å²) in [6.45, 7) is 1.56. The third-order valence-electron chi connectivity index (χ3n) is 4.09. The van der Waals surface area contributed by atoms with E-state index < -0.39 is 0 Å². The zero-order chi connectivity index (χ0) is 17.2. The standard InChI is InChI=1S/C19H15N3OS2/c23-17(15-9-5-2-6-10-15)20-18(24)22-12-11-21-16(13-25-19(21)22)14-7-3-1-4-8-14/h1-10,13H,11-12H2. The number of amides is 1. The molecule has 0 saturated heterocycles. The molecule has 0 unspecified atom stereocenters. The summed E-state index contributed by atoms with van der Waals surface area (Å²) in [5.74, 6) is -0.302. The van der Waals surface area contributed by atoms with Crippen LogP contribution in [0, 0.1) is 0 Å². The lowest BCUT2D eigenvalue weighted by molar-refractivity contribution is -0.655. The third-order valence-corrected chi connectivity index (χ3v) is 5.40. The zero-order valence-electron chi connectivity index (χ0n) is 13.3. The minimum atomic E-state index is -0.302. The van der Waals surface area contributed by atoms with Gasteiger partial charge in [-0.1, -0.05) is 59.9 Å². The molecule has 2 heterocycles. The number of fused-ring (bicyclic) bond motifs is 1. The molecule has 6 heteroatoms. The molecule has 3 aromatic rings. The number of hydrogen-bond donors (Lipinski definition) is 0. The maximum atomic E-state index is 12.3. The number of aliphatic imine (C=N–C) groups is 1. The van der Waals surface area contributed by atoms with Crippen LogP contribution < -0.4 is 9.47 Å². The fourth-order valence-corrected chi connectivity index (χ4v) is 4.28. The van der Waals surface area contributed by atoms with Gasteiger partial charge in [0.1, 0.15) is 18.8 Å². The van der Waals surface area contributed by atoms with Gasteiger partial charge in [0.25, 0.3) is 5.91 Å². The number of carbonyl (C=O) groups excluding carboxylic acids is 1. The van der Waals surface area contributed by atoms with Crippen LogP contribution in [0.15, 0.2) is 71.0 Å². The van der Waals surface area contributed by atoms with Crippen molar-refractivity contribution < 1.29 is 9.36 Å². The Morgan fingerprint density at radius 2 is 1.76 bits per heavy atom. The van der Waals surface area contributed by atoms with E-state index in [-0.39, 0.29) is 5.91 Å². The molecule has 0 atom stereocenters. The van der Waals surface area contributed by atoms with E-state index in [1.165, 1.54) is 11.3 Å². The Hall–Kier alpha value is -2.57. The maximum Gasteiger partial charge on any atom is 0.341 e. The van der Waals surface area contributed by atoms with Gasteiger partial charge in [-0.05, 0) is 12.1 Å². The first-order valence-corrected chi connectivity index (χ1v) is 9.22. The Labute approximate surface area is 155 Å². The van der Waals surface area contributed by atoms with Crippen molar-refractivity contribution in [3.63, 3.8) is 0 Å². The van der Waals surface area contributed by atoms with E-state index in [0.717, 1.165) is 18.2 Å². The van der Waals surface area contributed by atoms with Gasteiger partial charge >= 0.3 is 5.13 Å². The van der Waals surface area contributed by atoms with Crippen molar-refractivity contribution in [2.24, 2.45) is 4.99 Å². The second-order valence-electron chi connectivity index (χ2n) is 5.64. The normalized spacial score (nSPS) is 13.8. The molecule has 25 heavy (non-hydrogen) atoms. The molecule has 1 aromatic heterocycles. The molecule has 4 nitrogen and oxygen atoms in total. The van der Waals surface area contributed by atoms with Crippen molar-refractivity contribution >= 4 is 40.2 Å². The van der Waals surface area contributed by atoms with E-state index in [4.69, 9.17) is 12.6 Å². The summed E-state index contributed by atoms with van der Waals surface area (Å²) in [5.41, 5.74) is 2.89. The Balaban J connectivity index is 1.62. The molecule has 0 radical (unpaired) electrons. The molecule has 1 aliphatic rings. The summed E-state index contributed by atoms with van der Waals surface area (Å²) < 4.78 is 2.23. The fraction of sp³-hybridized carbons (Fsp3) is 0.105. The minimum Gasteiger partial charge on any atom is -0.716 e. The van der Waals surface area contributed by atoms with Gasteiger partial charge in [0, 0.05) is 16.5 Å². The highest BCUT2D eigenvalue weighted by Crippen LogP contribution is 2.28. The van der Waals surface area contributed by atoms with Crippen molar-refractivity contribution in [1.29, 1.82) is 0 Å². The minimum absolute atomic E-state index is 0.302. The third kappa shape index (κ3) is 3.06. The molecule has 2 aromatic carbocycles. The number of amidine groups is 1. The predicted octanol–water partition coefficient (Wildman–Crippen LogP) is 3.27. The molecule has 0 fully saturated rings. The van der Waals surface area contributed by atoms with Crippen molar-refractivity contribution in [3.8, 4) is 11.3 Å². The van der Waals surface area contributed by atoms with Crippen molar-refractivity contribution in [1.82, 2.24) is 0 Å². The Bertz CT molecular complexity index is 936. The lowest BCUT2D eigenvalue weighted by Gasteiger charge is -2.15. The van der Waals surface area contributed by atoms with Crippen molar-refractivity contribution in [2.45, 2.75) is 6.54 Å². The summed E-state index contributed by atoms with van der Waals surface area (Å²) in [6, 6.07) is 19.3. The summed E-state index contributed by atoms with van der Waals surface area (Å²) >= 11 is 7.05. The van der Waals surface area contributed by atoms with Gasteiger partial charge in [-0.3, -0.25) is 4.79 Å². The van der Waals surface area contributed by atoms with Gasteiger partial charge in [0.15, 0.2) is 0 Å². The van der Waals surface area contributed by atoms with Crippen molar-refractivity contribution in [2.75, 3.05) is 11.4 Å². The van der Waals surface area contributed by atoms with Crippen LogP contribution in [0.25, 0.3) is 11.3 Å². The number of benzene rings is 2. The highest BCUT2D eigenvalue weighted by Gasteiger charge is 2.32. The molecular formula is C19H15N3OS2. The van der Waals surface area contributed by atoms with Crippen LogP contribution in [0.3, 0.4) is 0 Å². The number of hydrogen-bond acceptors (Lipinski definition) is 3. The molecule has 1 amide bonds. The van der Waals surface area contributed by atoms with Gasteiger partial charge in [0.05, 0.1) is 5.17 Å². The molecule has 1 aliphatic heterocycles. The highest BCUT2D eigenvalue weighted by atomic mass is 32.1. The smallest absolute Gasteiger partial charge is 0.341 e. The Morgan fingerprint density at radius 1 is 1.08 bits per heavy atom. The van der Waals surface area contributed by atoms with Gasteiger partial charge in [-0.25, -0.2) is 9.47 Å². The lowest BCUT2D eigenvalue weighted by Crippen LogP contribution is -2.31. The van der Waals surface area contributed by atoms with Gasteiger partial charge in [-0.2, -0.15) is 4.99 Å². The predicted molar refractivity (Wildman–Crippen MR) is 103 cm³/mol. The molecular weight excluding hydrogens is 350 g/mol. The van der Waals surface area contributed by atoms with E-state index in [9.17, 15) is 4.79 Å². The fourth-order valence-electron chi connectivity index (χ4n) is 2.86. The largest absolute Gasteiger partial charge is 0.716 e. The number of aromatic nitrogens is 1. The molecule has 4 rings (SSSR count). The van der Waals surface area contributed by atoms with E-state index in [1.807, 2.05) is 41.3 Å². The maximum absolute atomic E-state index is 12.3. The number of nitrogens with zero attached hydrogens (tertiary/aromatic N) is 3. The number of anilines is 1. The van der Waals surface area contributed by atoms with Crippen LogP contribution in [0.4, 0.5) is 5.13 Å². The number of carbonyl (C=O) groups is 1. The Morgan fingerprint density at radius 3 is 2.48 bits per heavy atom. The zero-order valence-corrected chi connectivity index (χ0v) is 15.0. The molecule has 124 valence electrons. The van der Waals surface area contributed by atoms with Crippen LogP contribution >= 0.6 is 11.3 Å².